The summed E-state index contributed by atoms with van der Waals surface area (Å²) in [6.45, 7) is 4.02. The first-order valence-corrected chi connectivity index (χ1v) is 7.74. The Morgan fingerprint density at radius 3 is 2.54 bits per heavy atom. The van der Waals surface area contributed by atoms with Crippen LogP contribution in [-0.4, -0.2) is 21.4 Å². The van der Waals surface area contributed by atoms with Crippen LogP contribution in [0.15, 0.2) is 48.5 Å². The lowest BCUT2D eigenvalue weighted by molar-refractivity contribution is -0.117. The van der Waals surface area contributed by atoms with Crippen LogP contribution in [0.3, 0.4) is 0 Å². The highest BCUT2D eigenvalue weighted by Crippen LogP contribution is 2.21. The van der Waals surface area contributed by atoms with Gasteiger partial charge < -0.3 is 10.4 Å². The molecule has 1 amide bonds. The maximum Gasteiger partial charge on any atom is 0.232 e. The number of rotatable bonds is 5. The van der Waals surface area contributed by atoms with E-state index in [-0.39, 0.29) is 5.91 Å². The molecule has 0 saturated heterocycles. The summed E-state index contributed by atoms with van der Waals surface area (Å²) in [4.78, 5) is 12.8. The molecule has 0 fully saturated rings. The van der Waals surface area contributed by atoms with Gasteiger partial charge in [0.2, 0.25) is 5.91 Å². The zero-order valence-electron chi connectivity index (χ0n) is 13.6. The van der Waals surface area contributed by atoms with Crippen LogP contribution in [0.1, 0.15) is 28.4 Å². The van der Waals surface area contributed by atoms with Crippen molar-refractivity contribution in [3.63, 3.8) is 0 Å². The predicted octanol–water partition coefficient (Wildman–Crippen LogP) is 2.41. The van der Waals surface area contributed by atoms with Gasteiger partial charge >= 0.3 is 0 Å². The average molecular weight is 320 g/mol. The van der Waals surface area contributed by atoms with Crippen molar-refractivity contribution in [1.82, 2.24) is 20.6 Å². The van der Waals surface area contributed by atoms with E-state index in [4.69, 9.17) is 0 Å². The van der Waals surface area contributed by atoms with Gasteiger partial charge in [-0.1, -0.05) is 42.0 Å². The monoisotopic (exact) mass is 320 g/mol. The number of aryl methyl sites for hydroxylation is 2. The molecule has 2 aromatic carbocycles. The summed E-state index contributed by atoms with van der Waals surface area (Å²) >= 11 is 0. The van der Waals surface area contributed by atoms with Crippen molar-refractivity contribution in [3.8, 4) is 0 Å². The zero-order valence-corrected chi connectivity index (χ0v) is 13.6. The molecule has 0 unspecified atom stereocenters. The van der Waals surface area contributed by atoms with E-state index in [0.717, 1.165) is 22.4 Å². The fourth-order valence-electron chi connectivity index (χ4n) is 2.52. The van der Waals surface area contributed by atoms with Gasteiger partial charge in [-0.05, 0) is 43.5 Å². The Bertz CT molecular complexity index is 812. The minimum atomic E-state index is -0.539. The highest BCUT2D eigenvalue weighted by Gasteiger charge is 2.21. The number of nitrogens with one attached hydrogen (secondary N) is 1. The number of hydrogen-bond acceptors (Lipinski definition) is 4. The first-order valence-electron chi connectivity index (χ1n) is 7.74. The first-order chi connectivity index (χ1) is 11.6. The third-order valence-corrected chi connectivity index (χ3v) is 3.97. The summed E-state index contributed by atoms with van der Waals surface area (Å²) in [5, 5.41) is 17.7. The Labute approximate surface area is 140 Å². The van der Waals surface area contributed by atoms with Crippen molar-refractivity contribution in [1.29, 1.82) is 0 Å². The number of anilines is 1. The number of nitrogens with zero attached hydrogens (tertiary/aromatic N) is 4. The van der Waals surface area contributed by atoms with Gasteiger partial charge in [-0.25, -0.2) is 0 Å². The topological polar surface area (TPSA) is 81.9 Å². The quantitative estimate of drug-likeness (QED) is 0.780. The lowest BCUT2D eigenvalue weighted by atomic mass is 9.94. The van der Waals surface area contributed by atoms with E-state index in [9.17, 15) is 4.79 Å². The molecule has 3 rings (SSSR count). The molecular weight excluding hydrogens is 302 g/mol. The van der Waals surface area contributed by atoms with Crippen molar-refractivity contribution >= 4 is 11.6 Å². The van der Waals surface area contributed by atoms with E-state index in [1.54, 1.807) is 0 Å². The maximum atomic E-state index is 12.8. The third-order valence-electron chi connectivity index (χ3n) is 3.97. The molecule has 1 aromatic heterocycles. The first kappa shape index (κ1) is 15.9. The smallest absolute Gasteiger partial charge is 0.232 e. The molecule has 1 atom stereocenters. The van der Waals surface area contributed by atoms with E-state index < -0.39 is 5.92 Å². The molecule has 0 aliphatic carbocycles. The molecular formula is C18H18N5O-. The normalized spacial score (nSPS) is 11.9. The Hall–Kier alpha value is -3.02. The molecule has 6 heteroatoms. The minimum absolute atomic E-state index is 0.170. The molecule has 0 saturated carbocycles. The fraction of sp³-hybridized carbons (Fsp3) is 0.222. The number of aromatic nitrogens is 4. The second kappa shape index (κ2) is 7.04. The summed E-state index contributed by atoms with van der Waals surface area (Å²) in [5.41, 5.74) is 4.08. The Kier molecular flexibility index (Phi) is 4.65. The summed E-state index contributed by atoms with van der Waals surface area (Å²) in [5.74, 6) is -0.373. The Balaban J connectivity index is 1.83. The molecule has 6 nitrogen and oxygen atoms in total. The van der Waals surface area contributed by atoms with Crippen molar-refractivity contribution < 1.29 is 4.79 Å². The summed E-state index contributed by atoms with van der Waals surface area (Å²) in [6.07, 6.45) is 0.498. The number of benzene rings is 2. The summed E-state index contributed by atoms with van der Waals surface area (Å²) in [6, 6.07) is 15.6. The van der Waals surface area contributed by atoms with Gasteiger partial charge in [0, 0.05) is 11.5 Å². The SMILES string of the molecule is Cc1ccc(NC(=O)[C@@H](Cc2ccccc2C)c2nnn[n-]2)cc1. The Morgan fingerprint density at radius 1 is 1.12 bits per heavy atom. The highest BCUT2D eigenvalue weighted by molar-refractivity contribution is 5.95. The van der Waals surface area contributed by atoms with Crippen LogP contribution >= 0.6 is 0 Å². The second-order valence-corrected chi connectivity index (χ2v) is 5.78. The largest absolute Gasteiger partial charge is 0.335 e. The second-order valence-electron chi connectivity index (χ2n) is 5.78. The average Bonchev–Trinajstić information content (AvgIpc) is 3.10. The molecule has 0 aliphatic heterocycles. The van der Waals surface area contributed by atoms with Gasteiger partial charge in [-0.15, -0.1) is 0 Å². The van der Waals surface area contributed by atoms with Crippen LogP contribution < -0.4 is 10.4 Å². The molecule has 3 aromatic rings. The summed E-state index contributed by atoms with van der Waals surface area (Å²) in [7, 11) is 0. The van der Waals surface area contributed by atoms with Crippen LogP contribution in [0, 0.1) is 13.8 Å². The number of tetrazole rings is 1. The van der Waals surface area contributed by atoms with Gasteiger partial charge in [0.25, 0.3) is 0 Å². The van der Waals surface area contributed by atoms with E-state index in [1.165, 1.54) is 0 Å². The molecule has 0 aliphatic rings. The lowest BCUT2D eigenvalue weighted by Crippen LogP contribution is -2.24. The minimum Gasteiger partial charge on any atom is -0.335 e. The van der Waals surface area contributed by atoms with Gasteiger partial charge in [-0.2, -0.15) is 5.21 Å². The maximum absolute atomic E-state index is 12.8. The highest BCUT2D eigenvalue weighted by atomic mass is 16.1. The molecule has 1 heterocycles. The van der Waals surface area contributed by atoms with Crippen molar-refractivity contribution in [3.05, 3.63) is 71.0 Å². The predicted molar refractivity (Wildman–Crippen MR) is 90.6 cm³/mol. The van der Waals surface area contributed by atoms with Gasteiger partial charge in [0.15, 0.2) is 0 Å². The standard InChI is InChI=1S/C18H19N5O/c1-12-7-9-15(10-8-12)19-18(24)16(17-20-22-23-21-17)11-14-6-4-3-5-13(14)2/h3-10,16H,11H2,1-2H3,(H2,19,20,21,22,23,24)/p-1/t16-/m0/s1. The van der Waals surface area contributed by atoms with Crippen molar-refractivity contribution in [2.75, 3.05) is 5.32 Å². The van der Waals surface area contributed by atoms with Crippen LogP contribution in [-0.2, 0) is 11.2 Å². The van der Waals surface area contributed by atoms with Gasteiger partial charge in [0.1, 0.15) is 0 Å². The van der Waals surface area contributed by atoms with E-state index in [1.807, 2.05) is 62.4 Å². The molecule has 122 valence electrons. The molecule has 1 N–H and O–H groups in total. The van der Waals surface area contributed by atoms with Crippen molar-refractivity contribution in [2.24, 2.45) is 0 Å². The van der Waals surface area contributed by atoms with Crippen molar-refractivity contribution in [2.45, 2.75) is 26.2 Å². The molecule has 0 spiro atoms. The molecule has 0 bridgehead atoms. The third kappa shape index (κ3) is 3.65. The van der Waals surface area contributed by atoms with Gasteiger partial charge in [0.05, 0.1) is 5.92 Å². The number of hydrogen-bond donors (Lipinski definition) is 1. The molecule has 0 radical (unpaired) electrons. The van der Waals surface area contributed by atoms with E-state index in [2.05, 4.69) is 25.9 Å². The van der Waals surface area contributed by atoms with E-state index >= 15 is 0 Å². The Morgan fingerprint density at radius 2 is 1.88 bits per heavy atom. The fourth-order valence-corrected chi connectivity index (χ4v) is 2.52. The van der Waals surface area contributed by atoms with E-state index in [0.29, 0.717) is 12.2 Å². The van der Waals surface area contributed by atoms with Crippen LogP contribution in [0.25, 0.3) is 0 Å². The lowest BCUT2D eigenvalue weighted by Gasteiger charge is -2.18. The van der Waals surface area contributed by atoms with Crippen LogP contribution in [0.5, 0.6) is 0 Å². The van der Waals surface area contributed by atoms with Gasteiger partial charge in [-0.3, -0.25) is 15.1 Å². The van der Waals surface area contributed by atoms with Crippen LogP contribution in [0.2, 0.25) is 0 Å². The number of amides is 1. The zero-order chi connectivity index (χ0) is 16.9. The number of carbonyl (C=O) groups excluding carboxylic acids is 1. The van der Waals surface area contributed by atoms with Crippen LogP contribution in [0.4, 0.5) is 5.69 Å². The summed E-state index contributed by atoms with van der Waals surface area (Å²) < 4.78 is 0. The number of carbonyl (C=O) groups is 1. The molecule has 24 heavy (non-hydrogen) atoms.